The molecule has 0 aromatic carbocycles. The fourth-order valence-corrected chi connectivity index (χ4v) is 2.90. The maximum Gasteiger partial charge on any atom is 0.307 e. The summed E-state index contributed by atoms with van der Waals surface area (Å²) in [7, 11) is 0. The summed E-state index contributed by atoms with van der Waals surface area (Å²) in [6, 6.07) is 0.120. The Balaban J connectivity index is 2.86. The van der Waals surface area contributed by atoms with Crippen LogP contribution in [0.4, 0.5) is 0 Å². The van der Waals surface area contributed by atoms with E-state index in [1.54, 1.807) is 10.3 Å². The maximum absolute atomic E-state index is 12.3. The van der Waals surface area contributed by atoms with Crippen molar-refractivity contribution >= 4 is 17.2 Å². The monoisotopic (exact) mass is 286 g/mol. The normalized spacial score (nSPS) is 11.0. The number of aliphatic hydroxyl groups excluding tert-OH is 1. The first-order chi connectivity index (χ1) is 9.04. The number of aryl methyl sites for hydroxylation is 1. The Morgan fingerprint density at radius 2 is 2.11 bits per heavy atom. The molecule has 0 atom stereocenters. The summed E-state index contributed by atoms with van der Waals surface area (Å²) < 4.78 is 1.49. The van der Waals surface area contributed by atoms with Crippen molar-refractivity contribution in [2.45, 2.75) is 46.2 Å². The topological polar surface area (TPSA) is 62.5 Å². The van der Waals surface area contributed by atoms with Crippen molar-refractivity contribution < 1.29 is 9.90 Å². The summed E-state index contributed by atoms with van der Waals surface area (Å²) in [4.78, 5) is 25.5. The minimum atomic E-state index is -0.112. The third kappa shape index (κ3) is 3.91. The number of aromatic nitrogens is 1. The van der Waals surface area contributed by atoms with Crippen LogP contribution in [0, 0.1) is 6.92 Å². The molecule has 5 nitrogen and oxygen atoms in total. The summed E-state index contributed by atoms with van der Waals surface area (Å²) in [5.74, 6) is -0.105. The lowest BCUT2D eigenvalue weighted by Gasteiger charge is -2.30. The first kappa shape index (κ1) is 15.9. The first-order valence-electron chi connectivity index (χ1n) is 6.60. The van der Waals surface area contributed by atoms with Crippen LogP contribution in [0.2, 0.25) is 0 Å². The van der Waals surface area contributed by atoms with Crippen LogP contribution < -0.4 is 4.87 Å². The molecule has 0 unspecified atom stereocenters. The van der Waals surface area contributed by atoms with Gasteiger partial charge in [-0.15, -0.1) is 0 Å². The van der Waals surface area contributed by atoms with E-state index in [2.05, 4.69) is 0 Å². The zero-order valence-corrected chi connectivity index (χ0v) is 12.6. The van der Waals surface area contributed by atoms with Crippen molar-refractivity contribution in [2.24, 2.45) is 0 Å². The van der Waals surface area contributed by atoms with Gasteiger partial charge in [0.2, 0.25) is 5.91 Å². The van der Waals surface area contributed by atoms with Crippen molar-refractivity contribution in [2.75, 3.05) is 13.2 Å². The van der Waals surface area contributed by atoms with Gasteiger partial charge in [0.15, 0.2) is 0 Å². The molecule has 1 aromatic heterocycles. The molecule has 1 heterocycles. The number of hydrogen-bond donors (Lipinski definition) is 1. The van der Waals surface area contributed by atoms with Crippen LogP contribution in [0.5, 0.6) is 0 Å². The largest absolute Gasteiger partial charge is 0.395 e. The third-order valence-electron chi connectivity index (χ3n) is 3.31. The molecule has 0 bridgehead atoms. The summed E-state index contributed by atoms with van der Waals surface area (Å²) in [6.07, 6.45) is 1.69. The second-order valence-electron chi connectivity index (χ2n) is 4.51. The van der Waals surface area contributed by atoms with E-state index in [1.165, 1.54) is 4.57 Å². The van der Waals surface area contributed by atoms with E-state index >= 15 is 0 Å². The van der Waals surface area contributed by atoms with Crippen LogP contribution in [0.15, 0.2) is 10.2 Å². The average molecular weight is 286 g/mol. The highest BCUT2D eigenvalue weighted by Crippen LogP contribution is 2.10. The molecular weight excluding hydrogens is 264 g/mol. The van der Waals surface area contributed by atoms with Crippen LogP contribution in [-0.2, 0) is 11.3 Å². The zero-order valence-electron chi connectivity index (χ0n) is 11.8. The molecule has 1 aromatic rings. The number of carbonyl (C=O) groups is 1. The Kier molecular flexibility index (Phi) is 6.24. The van der Waals surface area contributed by atoms with E-state index in [-0.39, 0.29) is 30.0 Å². The zero-order chi connectivity index (χ0) is 14.4. The molecule has 0 aliphatic carbocycles. The second kappa shape index (κ2) is 7.45. The molecule has 1 rings (SSSR count). The lowest BCUT2D eigenvalue weighted by Crippen LogP contribution is -2.44. The average Bonchev–Trinajstić information content (AvgIpc) is 2.70. The van der Waals surface area contributed by atoms with Gasteiger partial charge in [0.1, 0.15) is 6.54 Å². The van der Waals surface area contributed by atoms with Gasteiger partial charge in [-0.25, -0.2) is 0 Å². The molecule has 1 amide bonds. The van der Waals surface area contributed by atoms with Gasteiger partial charge in [-0.2, -0.15) is 0 Å². The number of rotatable bonds is 7. The summed E-state index contributed by atoms with van der Waals surface area (Å²) in [5.41, 5.74) is 0.803. The highest BCUT2D eigenvalue weighted by atomic mass is 32.1. The van der Waals surface area contributed by atoms with Crippen molar-refractivity contribution in [3.63, 3.8) is 0 Å². The smallest absolute Gasteiger partial charge is 0.307 e. The second-order valence-corrected chi connectivity index (χ2v) is 5.33. The summed E-state index contributed by atoms with van der Waals surface area (Å²) in [5, 5.41) is 10.9. The highest BCUT2D eigenvalue weighted by Gasteiger charge is 2.21. The van der Waals surface area contributed by atoms with Crippen molar-refractivity contribution in [1.29, 1.82) is 0 Å². The minimum absolute atomic E-state index is 0.0558. The maximum atomic E-state index is 12.3. The third-order valence-corrected chi connectivity index (χ3v) is 4.20. The van der Waals surface area contributed by atoms with Crippen LogP contribution in [0.3, 0.4) is 0 Å². The van der Waals surface area contributed by atoms with Crippen molar-refractivity contribution in [1.82, 2.24) is 9.47 Å². The van der Waals surface area contributed by atoms with Gasteiger partial charge in [0.25, 0.3) is 0 Å². The van der Waals surface area contributed by atoms with Crippen LogP contribution in [0.1, 0.15) is 32.4 Å². The van der Waals surface area contributed by atoms with Gasteiger partial charge >= 0.3 is 4.87 Å². The Morgan fingerprint density at radius 1 is 1.47 bits per heavy atom. The molecule has 19 heavy (non-hydrogen) atoms. The Hall–Kier alpha value is -1.14. The predicted octanol–water partition coefficient (Wildman–Crippen LogP) is 1.23. The highest BCUT2D eigenvalue weighted by molar-refractivity contribution is 7.07. The molecule has 108 valence electrons. The Labute approximate surface area is 117 Å². The lowest BCUT2D eigenvalue weighted by molar-refractivity contribution is -0.135. The van der Waals surface area contributed by atoms with Crippen LogP contribution in [-0.4, -0.2) is 39.7 Å². The van der Waals surface area contributed by atoms with E-state index < -0.39 is 0 Å². The van der Waals surface area contributed by atoms with E-state index in [0.717, 1.165) is 29.9 Å². The molecule has 0 saturated heterocycles. The lowest BCUT2D eigenvalue weighted by atomic mass is 10.1. The van der Waals surface area contributed by atoms with Crippen LogP contribution >= 0.6 is 11.3 Å². The number of thiazole rings is 1. The van der Waals surface area contributed by atoms with Gasteiger partial charge in [-0.3, -0.25) is 14.2 Å². The van der Waals surface area contributed by atoms with Gasteiger partial charge in [-0.05, 0) is 19.8 Å². The van der Waals surface area contributed by atoms with E-state index in [9.17, 15) is 9.59 Å². The molecular formula is C13H22N2O3S. The fraction of sp³-hybridized carbons (Fsp3) is 0.692. The summed E-state index contributed by atoms with van der Waals surface area (Å²) in [6.45, 7) is 6.19. The number of aliphatic hydroxyl groups is 1. The van der Waals surface area contributed by atoms with Gasteiger partial charge < -0.3 is 10.0 Å². The Morgan fingerprint density at radius 3 is 2.53 bits per heavy atom. The molecule has 0 saturated carbocycles. The quantitative estimate of drug-likeness (QED) is 0.820. The number of carbonyl (C=O) groups excluding carboxylic acids is 1. The van der Waals surface area contributed by atoms with Gasteiger partial charge in [0, 0.05) is 23.7 Å². The molecule has 1 N–H and O–H groups in total. The van der Waals surface area contributed by atoms with Crippen molar-refractivity contribution in [3.8, 4) is 0 Å². The fourth-order valence-electron chi connectivity index (χ4n) is 2.17. The van der Waals surface area contributed by atoms with E-state index in [1.807, 2.05) is 20.8 Å². The van der Waals surface area contributed by atoms with E-state index in [0.29, 0.717) is 6.54 Å². The SMILES string of the molecule is CCC(CC)N(CCO)C(=O)Cn1c(C)csc1=O. The number of nitrogens with zero attached hydrogens (tertiary/aromatic N) is 2. The Bertz CT molecular complexity index is 463. The molecule has 0 spiro atoms. The predicted molar refractivity (Wildman–Crippen MR) is 76.5 cm³/mol. The first-order valence-corrected chi connectivity index (χ1v) is 7.48. The molecule has 0 aliphatic heterocycles. The molecule has 0 aliphatic rings. The molecule has 6 heteroatoms. The minimum Gasteiger partial charge on any atom is -0.395 e. The molecule has 0 fully saturated rings. The number of hydrogen-bond acceptors (Lipinski definition) is 4. The van der Waals surface area contributed by atoms with Crippen molar-refractivity contribution in [3.05, 3.63) is 20.7 Å². The summed E-state index contributed by atoms with van der Waals surface area (Å²) >= 11 is 1.11. The van der Waals surface area contributed by atoms with Crippen LogP contribution in [0.25, 0.3) is 0 Å². The standard InChI is InChI=1S/C13H22N2O3S/c1-4-11(5-2)14(6-7-16)12(17)8-15-10(3)9-19-13(15)18/h9,11,16H,4-8H2,1-3H3. The van der Waals surface area contributed by atoms with Gasteiger partial charge in [0.05, 0.1) is 6.61 Å². The van der Waals surface area contributed by atoms with Gasteiger partial charge in [-0.1, -0.05) is 25.2 Å². The number of amides is 1. The molecule has 0 radical (unpaired) electrons. The van der Waals surface area contributed by atoms with E-state index in [4.69, 9.17) is 5.11 Å².